The quantitative estimate of drug-likeness (QED) is 0.673. The maximum absolute atomic E-state index is 13.0. The monoisotopic (exact) mass is 287 g/mol. The van der Waals surface area contributed by atoms with Crippen molar-refractivity contribution < 1.29 is 13.9 Å². The number of aliphatic imine (C=N–C) groups is 1. The lowest BCUT2D eigenvalue weighted by atomic mass is 10.2. The van der Waals surface area contributed by atoms with E-state index in [4.69, 9.17) is 10.5 Å². The molecule has 0 aromatic heterocycles. The van der Waals surface area contributed by atoms with Crippen LogP contribution in [0.5, 0.6) is 0 Å². The van der Waals surface area contributed by atoms with E-state index in [1.165, 1.54) is 18.2 Å². The molecule has 1 amide bonds. The van der Waals surface area contributed by atoms with Crippen LogP contribution in [0.2, 0.25) is 0 Å². The van der Waals surface area contributed by atoms with Crippen LogP contribution >= 0.6 is 0 Å². The molecule has 6 heteroatoms. The van der Waals surface area contributed by atoms with Gasteiger partial charge in [-0.2, -0.15) is 0 Å². The summed E-state index contributed by atoms with van der Waals surface area (Å²) in [6, 6.07) is 14.8. The van der Waals surface area contributed by atoms with Crippen molar-refractivity contribution in [3.05, 3.63) is 66.0 Å². The van der Waals surface area contributed by atoms with Crippen LogP contribution in [0, 0.1) is 5.82 Å². The molecule has 0 radical (unpaired) electrons. The number of amides is 1. The molecule has 0 saturated heterocycles. The van der Waals surface area contributed by atoms with E-state index in [1.54, 1.807) is 6.07 Å². The summed E-state index contributed by atoms with van der Waals surface area (Å²) in [7, 11) is 0. The molecule has 108 valence electrons. The predicted molar refractivity (Wildman–Crippen MR) is 77.4 cm³/mol. The van der Waals surface area contributed by atoms with Crippen molar-refractivity contribution in [3.63, 3.8) is 0 Å². The van der Waals surface area contributed by atoms with Gasteiger partial charge in [0.25, 0.3) is 0 Å². The van der Waals surface area contributed by atoms with Gasteiger partial charge in [-0.15, -0.1) is 0 Å². The highest BCUT2D eigenvalue weighted by Gasteiger charge is 2.04. The zero-order chi connectivity index (χ0) is 15.1. The number of guanidine groups is 1. The lowest BCUT2D eigenvalue weighted by Crippen LogP contribution is -2.36. The Bertz CT molecular complexity index is 644. The Labute approximate surface area is 121 Å². The molecule has 0 bridgehead atoms. The van der Waals surface area contributed by atoms with Crippen molar-refractivity contribution in [1.29, 1.82) is 0 Å². The van der Waals surface area contributed by atoms with Crippen molar-refractivity contribution in [2.24, 2.45) is 10.7 Å². The Morgan fingerprint density at radius 2 is 1.95 bits per heavy atom. The molecule has 0 aliphatic heterocycles. The largest absolute Gasteiger partial charge is 0.444 e. The summed E-state index contributed by atoms with van der Waals surface area (Å²) in [6.07, 6.45) is -0.725. The number of hydrogen-bond acceptors (Lipinski definition) is 3. The minimum Gasteiger partial charge on any atom is -0.444 e. The summed E-state index contributed by atoms with van der Waals surface area (Å²) in [5, 5.41) is 2.26. The van der Waals surface area contributed by atoms with Gasteiger partial charge < -0.3 is 10.5 Å². The van der Waals surface area contributed by atoms with E-state index in [0.717, 1.165) is 5.56 Å². The standard InChI is InChI=1S/C15H14FN3O2/c16-12-7-4-8-13(9-12)18-14(17)19-15(20)21-10-11-5-2-1-3-6-11/h1-9H,10H2,(H3,17,18,19,20). The highest BCUT2D eigenvalue weighted by Crippen LogP contribution is 2.12. The first-order valence-electron chi connectivity index (χ1n) is 6.21. The number of benzene rings is 2. The summed E-state index contributed by atoms with van der Waals surface area (Å²) in [6.45, 7) is 0.125. The molecular formula is C15H14FN3O2. The highest BCUT2D eigenvalue weighted by molar-refractivity contribution is 5.94. The Kier molecular flexibility index (Phi) is 4.87. The smallest absolute Gasteiger partial charge is 0.414 e. The van der Waals surface area contributed by atoms with Gasteiger partial charge in [-0.05, 0) is 23.8 Å². The van der Waals surface area contributed by atoms with Crippen LogP contribution in [0.4, 0.5) is 14.9 Å². The van der Waals surface area contributed by atoms with E-state index in [-0.39, 0.29) is 12.6 Å². The third-order valence-corrected chi connectivity index (χ3v) is 2.50. The SMILES string of the molecule is NC(=Nc1cccc(F)c1)NC(=O)OCc1ccccc1. The van der Waals surface area contributed by atoms with E-state index in [2.05, 4.69) is 10.3 Å². The lowest BCUT2D eigenvalue weighted by Gasteiger charge is -2.06. The van der Waals surface area contributed by atoms with Crippen LogP contribution in [-0.2, 0) is 11.3 Å². The summed E-state index contributed by atoms with van der Waals surface area (Å²) in [4.78, 5) is 15.4. The molecule has 2 aromatic carbocycles. The first kappa shape index (κ1) is 14.5. The van der Waals surface area contributed by atoms with E-state index in [1.807, 2.05) is 30.3 Å². The van der Waals surface area contributed by atoms with Gasteiger partial charge in [-0.25, -0.2) is 14.2 Å². The van der Waals surface area contributed by atoms with Gasteiger partial charge in [-0.1, -0.05) is 36.4 Å². The van der Waals surface area contributed by atoms with Crippen LogP contribution in [0.1, 0.15) is 5.56 Å². The average Bonchev–Trinajstić information content (AvgIpc) is 2.46. The average molecular weight is 287 g/mol. The minimum atomic E-state index is -0.725. The normalized spacial score (nSPS) is 11.0. The van der Waals surface area contributed by atoms with Gasteiger partial charge in [0.15, 0.2) is 0 Å². The number of hydrogen-bond donors (Lipinski definition) is 2. The molecule has 2 rings (SSSR count). The molecule has 3 N–H and O–H groups in total. The summed E-state index contributed by atoms with van der Waals surface area (Å²) >= 11 is 0. The topological polar surface area (TPSA) is 76.7 Å². The Morgan fingerprint density at radius 3 is 2.67 bits per heavy atom. The maximum Gasteiger partial charge on any atom is 0.414 e. The fourth-order valence-corrected chi connectivity index (χ4v) is 1.58. The molecule has 0 fully saturated rings. The van der Waals surface area contributed by atoms with E-state index in [9.17, 15) is 9.18 Å². The van der Waals surface area contributed by atoms with Gasteiger partial charge in [0.2, 0.25) is 5.96 Å². The second-order valence-electron chi connectivity index (χ2n) is 4.16. The van der Waals surface area contributed by atoms with Gasteiger partial charge in [0.1, 0.15) is 12.4 Å². The fraction of sp³-hybridized carbons (Fsp3) is 0.0667. The molecule has 0 aliphatic carbocycles. The molecule has 0 aliphatic rings. The van der Waals surface area contributed by atoms with Gasteiger partial charge in [0.05, 0.1) is 5.69 Å². The van der Waals surface area contributed by atoms with Crippen LogP contribution in [0.3, 0.4) is 0 Å². The molecule has 0 spiro atoms. The van der Waals surface area contributed by atoms with Gasteiger partial charge >= 0.3 is 6.09 Å². The lowest BCUT2D eigenvalue weighted by molar-refractivity contribution is 0.145. The number of ether oxygens (including phenoxy) is 1. The molecule has 0 saturated carbocycles. The first-order valence-corrected chi connectivity index (χ1v) is 6.21. The number of rotatable bonds is 3. The molecule has 0 heterocycles. The second-order valence-corrected chi connectivity index (χ2v) is 4.16. The Morgan fingerprint density at radius 1 is 1.19 bits per heavy atom. The molecule has 2 aromatic rings. The van der Waals surface area contributed by atoms with Crippen molar-refractivity contribution in [2.45, 2.75) is 6.61 Å². The van der Waals surface area contributed by atoms with E-state index in [0.29, 0.717) is 5.69 Å². The number of halogens is 1. The number of carbonyl (C=O) groups excluding carboxylic acids is 1. The Hall–Kier alpha value is -2.89. The first-order chi connectivity index (χ1) is 10.1. The third-order valence-electron chi connectivity index (χ3n) is 2.50. The summed E-state index contributed by atoms with van der Waals surface area (Å²) in [5.41, 5.74) is 6.70. The van der Waals surface area contributed by atoms with Crippen molar-refractivity contribution >= 4 is 17.7 Å². The molecule has 0 atom stereocenters. The van der Waals surface area contributed by atoms with Crippen molar-refractivity contribution in [2.75, 3.05) is 0 Å². The predicted octanol–water partition coefficient (Wildman–Crippen LogP) is 2.70. The Balaban J connectivity index is 1.87. The van der Waals surface area contributed by atoms with Crippen molar-refractivity contribution in [3.8, 4) is 0 Å². The van der Waals surface area contributed by atoms with Crippen LogP contribution < -0.4 is 11.1 Å². The van der Waals surface area contributed by atoms with Crippen molar-refractivity contribution in [1.82, 2.24) is 5.32 Å². The second kappa shape index (κ2) is 7.04. The van der Waals surface area contributed by atoms with Gasteiger partial charge in [-0.3, -0.25) is 5.32 Å². The van der Waals surface area contributed by atoms with Crippen LogP contribution in [-0.4, -0.2) is 12.1 Å². The van der Waals surface area contributed by atoms with Crippen LogP contribution in [0.15, 0.2) is 59.6 Å². The van der Waals surface area contributed by atoms with Crippen LogP contribution in [0.25, 0.3) is 0 Å². The number of nitrogens with two attached hydrogens (primary N) is 1. The molecule has 21 heavy (non-hydrogen) atoms. The van der Waals surface area contributed by atoms with E-state index >= 15 is 0 Å². The molecular weight excluding hydrogens is 273 g/mol. The zero-order valence-corrected chi connectivity index (χ0v) is 11.1. The molecule has 5 nitrogen and oxygen atoms in total. The number of nitrogens with one attached hydrogen (secondary N) is 1. The fourth-order valence-electron chi connectivity index (χ4n) is 1.58. The summed E-state index contributed by atoms with van der Waals surface area (Å²) in [5.74, 6) is -0.602. The minimum absolute atomic E-state index is 0.125. The van der Waals surface area contributed by atoms with Gasteiger partial charge in [0, 0.05) is 0 Å². The zero-order valence-electron chi connectivity index (χ0n) is 11.1. The van der Waals surface area contributed by atoms with E-state index < -0.39 is 11.9 Å². The number of carbonyl (C=O) groups is 1. The number of nitrogens with zero attached hydrogens (tertiary/aromatic N) is 1. The highest BCUT2D eigenvalue weighted by atomic mass is 19.1. The summed E-state index contributed by atoms with van der Waals surface area (Å²) < 4.78 is 17.9. The number of alkyl carbamates (subject to hydrolysis) is 1. The molecule has 0 unspecified atom stereocenters. The maximum atomic E-state index is 13.0. The third kappa shape index (κ3) is 4.94.